The Balaban J connectivity index is 1.27. The van der Waals surface area contributed by atoms with E-state index in [1.807, 2.05) is 25.7 Å². The van der Waals surface area contributed by atoms with Crippen molar-refractivity contribution in [3.63, 3.8) is 0 Å². The average molecular weight is 593 g/mol. The van der Waals surface area contributed by atoms with Crippen LogP contribution in [0.5, 0.6) is 5.75 Å². The second kappa shape index (κ2) is 12.7. The molecule has 2 aliphatic heterocycles. The van der Waals surface area contributed by atoms with Crippen LogP contribution in [0, 0.1) is 6.92 Å². The molecule has 42 heavy (non-hydrogen) atoms. The minimum atomic E-state index is -4.56. The van der Waals surface area contributed by atoms with E-state index >= 15 is 0 Å². The Morgan fingerprint density at radius 1 is 1.05 bits per heavy atom. The number of carbonyl (C=O) groups is 2. The maximum absolute atomic E-state index is 13.0. The molecule has 0 spiro atoms. The van der Waals surface area contributed by atoms with Gasteiger partial charge in [0.05, 0.1) is 17.8 Å². The van der Waals surface area contributed by atoms with Crippen molar-refractivity contribution >= 4 is 17.8 Å². The van der Waals surface area contributed by atoms with Crippen LogP contribution in [0.2, 0.25) is 0 Å². The minimum Gasteiger partial charge on any atom is -0.507 e. The molecule has 0 saturated carbocycles. The van der Waals surface area contributed by atoms with Gasteiger partial charge in [-0.2, -0.15) is 13.2 Å². The van der Waals surface area contributed by atoms with Crippen LogP contribution in [-0.2, 0) is 15.7 Å². The number of anilines is 1. The Labute approximate surface area is 243 Å². The first-order chi connectivity index (χ1) is 19.7. The first kappa shape index (κ1) is 31.3. The van der Waals surface area contributed by atoms with Gasteiger partial charge in [0.25, 0.3) is 0 Å². The van der Waals surface area contributed by atoms with Crippen LogP contribution in [0.25, 0.3) is 11.3 Å². The van der Waals surface area contributed by atoms with Crippen LogP contribution in [0.3, 0.4) is 0 Å². The fourth-order valence-electron chi connectivity index (χ4n) is 5.29. The first-order valence-electron chi connectivity index (χ1n) is 14.2. The second-order valence-electron chi connectivity index (χ2n) is 12.0. The van der Waals surface area contributed by atoms with Crippen molar-refractivity contribution in [3.05, 3.63) is 35.4 Å². The van der Waals surface area contributed by atoms with Gasteiger partial charge in [-0.15, -0.1) is 10.2 Å². The Morgan fingerprint density at radius 3 is 2.38 bits per heavy atom. The first-order valence-corrected chi connectivity index (χ1v) is 14.2. The van der Waals surface area contributed by atoms with Crippen molar-refractivity contribution in [1.82, 2.24) is 25.3 Å². The van der Waals surface area contributed by atoms with Gasteiger partial charge in [0, 0.05) is 37.3 Å². The quantitative estimate of drug-likeness (QED) is 0.447. The van der Waals surface area contributed by atoms with Crippen LogP contribution in [0.4, 0.5) is 23.8 Å². The lowest BCUT2D eigenvalue weighted by molar-refractivity contribution is -0.137. The fourth-order valence-corrected chi connectivity index (χ4v) is 5.29. The van der Waals surface area contributed by atoms with Crippen molar-refractivity contribution < 1.29 is 32.6 Å². The predicted molar refractivity (Wildman–Crippen MR) is 151 cm³/mol. The number of alkyl carbamates (subject to hydrolysis) is 1. The molecular formula is C29H39F3N6O4. The fraction of sp³-hybridized carbons (Fsp3) is 0.586. The molecule has 2 amide bonds. The predicted octanol–water partition coefficient (Wildman–Crippen LogP) is 4.57. The number of ether oxygens (including phenoxy) is 1. The van der Waals surface area contributed by atoms with Crippen LogP contribution in [0.15, 0.2) is 24.3 Å². The molecule has 230 valence electrons. The molecule has 10 nitrogen and oxygen atoms in total. The number of piperidine rings is 2. The zero-order valence-corrected chi connectivity index (χ0v) is 24.4. The van der Waals surface area contributed by atoms with Gasteiger partial charge in [-0.3, -0.25) is 9.69 Å². The third-order valence-electron chi connectivity index (χ3n) is 7.35. The average Bonchev–Trinajstić information content (AvgIpc) is 2.88. The summed E-state index contributed by atoms with van der Waals surface area (Å²) in [7, 11) is 0. The summed E-state index contributed by atoms with van der Waals surface area (Å²) in [4.78, 5) is 29.0. The largest absolute Gasteiger partial charge is 0.507 e. The summed E-state index contributed by atoms with van der Waals surface area (Å²) in [5.74, 6) is 0.0575. The van der Waals surface area contributed by atoms with E-state index in [9.17, 15) is 27.9 Å². The number of hydrogen-bond donors (Lipinski definition) is 3. The molecule has 2 saturated heterocycles. The normalized spacial score (nSPS) is 18.9. The Bertz CT molecular complexity index is 1270. The number of alkyl halides is 3. The number of nitrogens with one attached hydrogen (secondary N) is 2. The zero-order valence-electron chi connectivity index (χ0n) is 24.4. The van der Waals surface area contributed by atoms with Crippen molar-refractivity contribution in [2.45, 2.75) is 77.2 Å². The van der Waals surface area contributed by atoms with E-state index < -0.39 is 29.2 Å². The highest BCUT2D eigenvalue weighted by molar-refractivity contribution is 5.78. The Morgan fingerprint density at radius 2 is 1.76 bits per heavy atom. The van der Waals surface area contributed by atoms with Crippen molar-refractivity contribution in [3.8, 4) is 17.0 Å². The number of phenols is 1. The summed E-state index contributed by atoms with van der Waals surface area (Å²) < 4.78 is 44.2. The molecular weight excluding hydrogens is 553 g/mol. The molecule has 13 heteroatoms. The molecule has 2 aromatic rings. The molecule has 2 aliphatic rings. The highest BCUT2D eigenvalue weighted by atomic mass is 19.4. The van der Waals surface area contributed by atoms with Gasteiger partial charge in [0.2, 0.25) is 5.91 Å². The molecule has 0 bridgehead atoms. The summed E-state index contributed by atoms with van der Waals surface area (Å²) in [6, 6.07) is 4.55. The number of likely N-dealkylation sites (tertiary alicyclic amines) is 2. The third-order valence-corrected chi connectivity index (χ3v) is 7.35. The van der Waals surface area contributed by atoms with Crippen LogP contribution in [0.1, 0.15) is 57.6 Å². The number of rotatable bonds is 6. The monoisotopic (exact) mass is 592 g/mol. The van der Waals surface area contributed by atoms with E-state index in [0.717, 1.165) is 25.5 Å². The highest BCUT2D eigenvalue weighted by Gasteiger charge is 2.32. The lowest BCUT2D eigenvalue weighted by Gasteiger charge is -2.36. The number of aromatic hydroxyl groups is 1. The van der Waals surface area contributed by atoms with Crippen LogP contribution < -0.4 is 10.6 Å². The molecule has 3 N–H and O–H groups in total. The SMILES string of the molecule is Cc1cc(N[C@@H]2CCCN(CC(=O)N3CCC(NC(=O)OC(C)(C)C)CC3)C2)nnc1-c1ccc(C(F)(F)F)cc1O. The van der Waals surface area contributed by atoms with Gasteiger partial charge in [-0.05, 0) is 89.8 Å². The van der Waals surface area contributed by atoms with Crippen molar-refractivity contribution in [2.75, 3.05) is 38.0 Å². The Hall–Kier alpha value is -3.61. The lowest BCUT2D eigenvalue weighted by atomic mass is 10.0. The second-order valence-corrected chi connectivity index (χ2v) is 12.0. The molecule has 4 rings (SSSR count). The highest BCUT2D eigenvalue weighted by Crippen LogP contribution is 2.37. The number of phenolic OH excluding ortho intramolecular Hbond substituents is 1. The number of carbonyl (C=O) groups excluding carboxylic acids is 2. The smallest absolute Gasteiger partial charge is 0.416 e. The topological polar surface area (TPSA) is 120 Å². The number of aromatic nitrogens is 2. The maximum atomic E-state index is 13.0. The van der Waals surface area contributed by atoms with Gasteiger partial charge >= 0.3 is 12.3 Å². The summed E-state index contributed by atoms with van der Waals surface area (Å²) in [5, 5.41) is 24.8. The molecule has 2 fully saturated rings. The van der Waals surface area contributed by atoms with Gasteiger partial charge in [0.15, 0.2) is 0 Å². The number of halogens is 3. The Kier molecular flexibility index (Phi) is 9.49. The van der Waals surface area contributed by atoms with E-state index in [1.54, 1.807) is 13.0 Å². The van der Waals surface area contributed by atoms with E-state index in [2.05, 4.69) is 25.7 Å². The molecule has 1 aromatic heterocycles. The summed E-state index contributed by atoms with van der Waals surface area (Å²) in [6.07, 6.45) is -1.86. The number of nitrogens with zero attached hydrogens (tertiary/aromatic N) is 4. The molecule has 0 aliphatic carbocycles. The summed E-state index contributed by atoms with van der Waals surface area (Å²) >= 11 is 0. The third kappa shape index (κ3) is 8.46. The molecule has 1 aromatic carbocycles. The molecule has 0 radical (unpaired) electrons. The summed E-state index contributed by atoms with van der Waals surface area (Å²) in [6.45, 7) is 10.1. The summed E-state index contributed by atoms with van der Waals surface area (Å²) in [5.41, 5.74) is -0.377. The van der Waals surface area contributed by atoms with Gasteiger partial charge in [-0.25, -0.2) is 4.79 Å². The molecule has 0 unspecified atom stereocenters. The maximum Gasteiger partial charge on any atom is 0.416 e. The number of hydrogen-bond acceptors (Lipinski definition) is 8. The van der Waals surface area contributed by atoms with Crippen molar-refractivity contribution in [2.24, 2.45) is 0 Å². The number of amides is 2. The van der Waals surface area contributed by atoms with Gasteiger partial charge < -0.3 is 25.4 Å². The van der Waals surface area contributed by atoms with E-state index in [-0.39, 0.29) is 23.6 Å². The van der Waals surface area contributed by atoms with E-state index in [1.165, 1.54) is 6.07 Å². The standard InChI is InChI=1S/C29H39F3N6O4/c1-18-14-24(35-36-26(18)22-8-7-19(15-23(22)39)29(30,31)32)33-21-6-5-11-37(16-21)17-25(40)38-12-9-20(10-13-38)34-27(41)42-28(2,3)4/h7-8,14-15,20-21,39H,5-6,9-13,16-17H2,1-4H3,(H,33,35)(H,34,41)/t21-/m1/s1. The van der Waals surface area contributed by atoms with Crippen molar-refractivity contribution in [1.29, 1.82) is 0 Å². The molecule has 3 heterocycles. The minimum absolute atomic E-state index is 0.0216. The van der Waals surface area contributed by atoms with Gasteiger partial charge in [-0.1, -0.05) is 0 Å². The number of aryl methyl sites for hydroxylation is 1. The molecule has 1 atom stereocenters. The van der Waals surface area contributed by atoms with Crippen LogP contribution >= 0.6 is 0 Å². The lowest BCUT2D eigenvalue weighted by Crippen LogP contribution is -2.51. The van der Waals surface area contributed by atoms with Gasteiger partial charge in [0.1, 0.15) is 17.2 Å². The van der Waals surface area contributed by atoms with E-state index in [0.29, 0.717) is 62.2 Å². The van der Waals surface area contributed by atoms with Crippen LogP contribution in [-0.4, -0.2) is 87.5 Å². The number of benzene rings is 1. The van der Waals surface area contributed by atoms with E-state index in [4.69, 9.17) is 4.74 Å². The zero-order chi connectivity index (χ0) is 30.7.